The number of nitrogens with one attached hydrogen (secondary N) is 1. The normalized spacial score (nSPS) is 17.0. The van der Waals surface area contributed by atoms with Crippen LogP contribution < -0.4 is 10.1 Å². The Kier molecular flexibility index (Phi) is 5.18. The summed E-state index contributed by atoms with van der Waals surface area (Å²) in [5.74, 6) is 1.50. The van der Waals surface area contributed by atoms with Crippen molar-refractivity contribution >= 4 is 5.91 Å². The number of hydrogen-bond donors (Lipinski definition) is 1. The van der Waals surface area contributed by atoms with Crippen LogP contribution in [0.3, 0.4) is 0 Å². The molecule has 1 amide bonds. The largest absolute Gasteiger partial charge is 0.493 e. The minimum atomic E-state index is -0.0462. The fourth-order valence-electron chi connectivity index (χ4n) is 3.09. The number of amides is 1. The van der Waals surface area contributed by atoms with E-state index in [1.54, 1.807) is 0 Å². The predicted octanol–water partition coefficient (Wildman–Crippen LogP) is 2.80. The van der Waals surface area contributed by atoms with Crippen molar-refractivity contribution in [1.29, 1.82) is 0 Å². The zero-order valence-corrected chi connectivity index (χ0v) is 14.4. The Morgan fingerprint density at radius 2 is 2.25 bits per heavy atom. The maximum Gasteiger partial charge on any atom is 0.223 e. The number of carbonyl (C=O) groups is 1. The van der Waals surface area contributed by atoms with Crippen molar-refractivity contribution in [2.24, 2.45) is 11.8 Å². The second-order valence-electron chi connectivity index (χ2n) is 6.79. The molecule has 5 heteroatoms. The van der Waals surface area contributed by atoms with Crippen molar-refractivity contribution in [3.05, 3.63) is 48.0 Å². The first-order valence-electron chi connectivity index (χ1n) is 8.61. The first-order valence-corrected chi connectivity index (χ1v) is 8.61. The molecule has 2 aromatic rings. The molecule has 128 valence electrons. The van der Waals surface area contributed by atoms with Gasteiger partial charge in [-0.15, -0.1) is 0 Å². The second-order valence-corrected chi connectivity index (χ2v) is 6.79. The minimum absolute atomic E-state index is 0.0462. The molecule has 0 aliphatic carbocycles. The van der Waals surface area contributed by atoms with Crippen LogP contribution in [-0.2, 0) is 24.3 Å². The molecule has 1 aromatic heterocycles. The number of rotatable bonds is 5. The lowest BCUT2D eigenvalue weighted by Gasteiger charge is -2.15. The number of ether oxygens (including phenoxy) is 1. The number of nitrogens with zero attached hydrogens (tertiary/aromatic N) is 2. The van der Waals surface area contributed by atoms with Crippen molar-refractivity contribution in [3.8, 4) is 5.75 Å². The van der Waals surface area contributed by atoms with Crippen LogP contribution in [0.5, 0.6) is 5.75 Å². The van der Waals surface area contributed by atoms with E-state index in [4.69, 9.17) is 4.74 Å². The van der Waals surface area contributed by atoms with Gasteiger partial charge in [-0.1, -0.05) is 32.0 Å². The van der Waals surface area contributed by atoms with E-state index < -0.39 is 0 Å². The molecule has 0 saturated carbocycles. The Morgan fingerprint density at radius 1 is 1.42 bits per heavy atom. The van der Waals surface area contributed by atoms with Gasteiger partial charge >= 0.3 is 0 Å². The van der Waals surface area contributed by atoms with Crippen LogP contribution in [-0.4, -0.2) is 22.1 Å². The highest BCUT2D eigenvalue weighted by atomic mass is 16.5. The summed E-state index contributed by atoms with van der Waals surface area (Å²) in [5, 5.41) is 3.07. The summed E-state index contributed by atoms with van der Waals surface area (Å²) in [4.78, 5) is 16.8. The van der Waals surface area contributed by atoms with E-state index in [0.29, 0.717) is 19.1 Å². The molecule has 1 aliphatic heterocycles. The average molecular weight is 327 g/mol. The minimum Gasteiger partial charge on any atom is -0.493 e. The fourth-order valence-corrected chi connectivity index (χ4v) is 3.09. The number of para-hydroxylation sites is 1. The van der Waals surface area contributed by atoms with Gasteiger partial charge in [0, 0.05) is 18.7 Å². The summed E-state index contributed by atoms with van der Waals surface area (Å²) in [6.07, 6.45) is 5.13. The zero-order valence-electron chi connectivity index (χ0n) is 14.4. The third kappa shape index (κ3) is 3.96. The molecular weight excluding hydrogens is 302 g/mol. The fraction of sp³-hybridized carbons (Fsp3) is 0.474. The molecule has 0 unspecified atom stereocenters. The van der Waals surface area contributed by atoms with Crippen LogP contribution in [0.25, 0.3) is 0 Å². The predicted molar refractivity (Wildman–Crippen MR) is 92.7 cm³/mol. The zero-order chi connectivity index (χ0) is 16.9. The van der Waals surface area contributed by atoms with Gasteiger partial charge in [0.25, 0.3) is 0 Å². The van der Waals surface area contributed by atoms with E-state index in [2.05, 4.69) is 28.7 Å². The van der Waals surface area contributed by atoms with Gasteiger partial charge in [-0.3, -0.25) is 4.79 Å². The van der Waals surface area contributed by atoms with Gasteiger partial charge < -0.3 is 14.6 Å². The standard InChI is InChI=1S/C19H25N3O2/c1-14(2)12-22-13-20-10-17(22)11-21-19(23)16-7-8-24-18-6-4-3-5-15(18)9-16/h3-6,10,13-14,16H,7-9,11-12H2,1-2H3,(H,21,23)/t16-/m1/s1. The van der Waals surface area contributed by atoms with Crippen LogP contribution in [0, 0.1) is 11.8 Å². The molecule has 5 nitrogen and oxygen atoms in total. The third-order valence-corrected chi connectivity index (χ3v) is 4.34. The molecule has 0 saturated heterocycles. The lowest BCUT2D eigenvalue weighted by molar-refractivity contribution is -0.125. The molecule has 1 atom stereocenters. The van der Waals surface area contributed by atoms with Gasteiger partial charge in [0.2, 0.25) is 5.91 Å². The van der Waals surface area contributed by atoms with Crippen LogP contribution in [0.2, 0.25) is 0 Å². The van der Waals surface area contributed by atoms with Gasteiger partial charge in [-0.05, 0) is 30.4 Å². The molecule has 24 heavy (non-hydrogen) atoms. The molecular formula is C19H25N3O2. The molecule has 1 aromatic carbocycles. The molecule has 0 fully saturated rings. The van der Waals surface area contributed by atoms with Gasteiger partial charge in [0.1, 0.15) is 5.75 Å². The summed E-state index contributed by atoms with van der Waals surface area (Å²) in [6.45, 7) is 6.36. The number of benzene rings is 1. The first kappa shape index (κ1) is 16.6. The highest BCUT2D eigenvalue weighted by Crippen LogP contribution is 2.26. The maximum atomic E-state index is 12.6. The summed E-state index contributed by atoms with van der Waals surface area (Å²) < 4.78 is 7.86. The molecule has 0 radical (unpaired) electrons. The topological polar surface area (TPSA) is 56.2 Å². The SMILES string of the molecule is CC(C)Cn1cncc1CNC(=O)[C@@H]1CCOc2ccccc2C1. The van der Waals surface area contributed by atoms with Crippen LogP contribution in [0.15, 0.2) is 36.8 Å². The molecule has 2 heterocycles. The van der Waals surface area contributed by atoms with Gasteiger partial charge in [-0.25, -0.2) is 4.98 Å². The van der Waals surface area contributed by atoms with E-state index >= 15 is 0 Å². The van der Waals surface area contributed by atoms with Gasteiger partial charge in [-0.2, -0.15) is 0 Å². The van der Waals surface area contributed by atoms with E-state index in [0.717, 1.165) is 36.4 Å². The smallest absolute Gasteiger partial charge is 0.223 e. The highest BCUT2D eigenvalue weighted by molar-refractivity contribution is 5.79. The third-order valence-electron chi connectivity index (χ3n) is 4.34. The van der Waals surface area contributed by atoms with E-state index in [1.165, 1.54) is 0 Å². The number of imidazole rings is 1. The summed E-state index contributed by atoms with van der Waals surface area (Å²) in [7, 11) is 0. The van der Waals surface area contributed by atoms with E-state index in [9.17, 15) is 4.79 Å². The van der Waals surface area contributed by atoms with Crippen molar-refractivity contribution in [1.82, 2.24) is 14.9 Å². The number of fused-ring (bicyclic) bond motifs is 1. The Bertz CT molecular complexity index is 693. The number of aromatic nitrogens is 2. The molecule has 1 N–H and O–H groups in total. The van der Waals surface area contributed by atoms with E-state index in [-0.39, 0.29) is 11.8 Å². The van der Waals surface area contributed by atoms with Crippen molar-refractivity contribution in [3.63, 3.8) is 0 Å². The van der Waals surface area contributed by atoms with E-state index in [1.807, 2.05) is 36.8 Å². The Morgan fingerprint density at radius 3 is 3.08 bits per heavy atom. The first-order chi connectivity index (χ1) is 11.6. The second kappa shape index (κ2) is 7.51. The Hall–Kier alpha value is -2.30. The average Bonchev–Trinajstić information content (AvgIpc) is 2.87. The van der Waals surface area contributed by atoms with Crippen molar-refractivity contribution in [2.45, 2.75) is 39.8 Å². The monoisotopic (exact) mass is 327 g/mol. The van der Waals surface area contributed by atoms with Crippen molar-refractivity contribution < 1.29 is 9.53 Å². The Balaban J connectivity index is 1.60. The lowest BCUT2D eigenvalue weighted by atomic mass is 9.96. The summed E-state index contributed by atoms with van der Waals surface area (Å²) in [5.41, 5.74) is 2.15. The molecule has 3 rings (SSSR count). The van der Waals surface area contributed by atoms with Gasteiger partial charge in [0.15, 0.2) is 0 Å². The molecule has 0 bridgehead atoms. The van der Waals surface area contributed by atoms with Crippen LogP contribution >= 0.6 is 0 Å². The molecule has 0 spiro atoms. The van der Waals surface area contributed by atoms with Crippen molar-refractivity contribution in [2.75, 3.05) is 6.61 Å². The van der Waals surface area contributed by atoms with Crippen LogP contribution in [0.1, 0.15) is 31.5 Å². The maximum absolute atomic E-state index is 12.6. The highest BCUT2D eigenvalue weighted by Gasteiger charge is 2.23. The van der Waals surface area contributed by atoms with Crippen LogP contribution in [0.4, 0.5) is 0 Å². The van der Waals surface area contributed by atoms with Gasteiger partial charge in [0.05, 0.1) is 25.2 Å². The lowest BCUT2D eigenvalue weighted by Crippen LogP contribution is -2.32. The number of carbonyl (C=O) groups excluding carboxylic acids is 1. The quantitative estimate of drug-likeness (QED) is 0.919. The summed E-state index contributed by atoms with van der Waals surface area (Å²) in [6, 6.07) is 7.97. The summed E-state index contributed by atoms with van der Waals surface area (Å²) >= 11 is 0. The Labute approximate surface area is 143 Å². The number of hydrogen-bond acceptors (Lipinski definition) is 3. The molecule has 1 aliphatic rings.